The van der Waals surface area contributed by atoms with Crippen molar-refractivity contribution in [2.24, 2.45) is 5.41 Å². The molecule has 0 heterocycles. The highest BCUT2D eigenvalue weighted by Crippen LogP contribution is 2.38. The molecule has 14 heavy (non-hydrogen) atoms. The number of nitrogens with one attached hydrogen (secondary N) is 1. The Morgan fingerprint density at radius 2 is 2.21 bits per heavy atom. The average molecular weight is 199 g/mol. The van der Waals surface area contributed by atoms with Crippen LogP contribution in [0.25, 0.3) is 0 Å². The van der Waals surface area contributed by atoms with Crippen molar-refractivity contribution in [1.29, 1.82) is 0 Å². The normalized spacial score (nSPS) is 31.4. The monoisotopic (exact) mass is 199 g/mol. The maximum atomic E-state index is 11.2. The lowest BCUT2D eigenvalue weighted by Crippen LogP contribution is -2.46. The smallest absolute Gasteiger partial charge is 0.311 e. The van der Waals surface area contributed by atoms with Crippen LogP contribution in [0.5, 0.6) is 0 Å². The predicted molar refractivity (Wildman–Crippen MR) is 51.8 cm³/mol. The molecule has 1 saturated carbocycles. The third-order valence-corrected chi connectivity index (χ3v) is 3.10. The van der Waals surface area contributed by atoms with Crippen molar-refractivity contribution in [2.45, 2.75) is 45.6 Å². The van der Waals surface area contributed by atoms with Gasteiger partial charge in [0.15, 0.2) is 0 Å². The molecule has 0 bridgehead atoms. The molecule has 1 aliphatic rings. The Labute approximate surface area is 83.7 Å². The van der Waals surface area contributed by atoms with Crippen LogP contribution in [0.3, 0.4) is 0 Å². The van der Waals surface area contributed by atoms with Crippen LogP contribution >= 0.6 is 0 Å². The molecule has 1 fully saturated rings. The lowest BCUT2D eigenvalue weighted by molar-refractivity contribution is -0.149. The maximum Gasteiger partial charge on any atom is 0.311 e. The van der Waals surface area contributed by atoms with Gasteiger partial charge >= 0.3 is 5.97 Å². The van der Waals surface area contributed by atoms with Gasteiger partial charge in [0.05, 0.1) is 5.41 Å². The summed E-state index contributed by atoms with van der Waals surface area (Å²) in [5.41, 5.74) is -0.773. The van der Waals surface area contributed by atoms with Crippen molar-refractivity contribution in [2.75, 3.05) is 0 Å². The zero-order valence-electron chi connectivity index (χ0n) is 8.67. The molecule has 2 atom stereocenters. The Bertz CT molecular complexity index is 252. The minimum Gasteiger partial charge on any atom is -0.481 e. The van der Waals surface area contributed by atoms with E-state index in [9.17, 15) is 9.59 Å². The molecule has 2 unspecified atom stereocenters. The molecule has 4 nitrogen and oxygen atoms in total. The van der Waals surface area contributed by atoms with E-state index in [-0.39, 0.29) is 11.9 Å². The van der Waals surface area contributed by atoms with Crippen molar-refractivity contribution in [3.8, 4) is 0 Å². The molecular formula is C10H17NO3. The maximum absolute atomic E-state index is 11.2. The van der Waals surface area contributed by atoms with E-state index in [1.54, 1.807) is 13.8 Å². The van der Waals surface area contributed by atoms with Crippen LogP contribution in [-0.2, 0) is 9.59 Å². The van der Waals surface area contributed by atoms with Crippen LogP contribution in [-0.4, -0.2) is 23.0 Å². The van der Waals surface area contributed by atoms with Crippen molar-refractivity contribution in [3.63, 3.8) is 0 Å². The number of hydrogen-bond acceptors (Lipinski definition) is 2. The summed E-state index contributed by atoms with van der Waals surface area (Å²) in [5, 5.41) is 11.9. The van der Waals surface area contributed by atoms with Gasteiger partial charge in [-0.2, -0.15) is 0 Å². The van der Waals surface area contributed by atoms with Crippen molar-refractivity contribution >= 4 is 11.9 Å². The summed E-state index contributed by atoms with van der Waals surface area (Å²) in [5.74, 6) is -0.874. The number of carboxylic acids is 1. The SMILES string of the molecule is CCC(=O)NC1CCCC1(C)C(=O)O. The molecule has 0 saturated heterocycles. The molecule has 0 spiro atoms. The summed E-state index contributed by atoms with van der Waals surface area (Å²) >= 11 is 0. The molecule has 1 rings (SSSR count). The molecule has 4 heteroatoms. The van der Waals surface area contributed by atoms with Gasteiger partial charge in [-0.15, -0.1) is 0 Å². The minimum atomic E-state index is -0.809. The van der Waals surface area contributed by atoms with Crippen LogP contribution < -0.4 is 5.32 Å². The molecule has 0 aromatic heterocycles. The number of carboxylic acid groups (broad SMARTS) is 1. The van der Waals surface area contributed by atoms with E-state index >= 15 is 0 Å². The second kappa shape index (κ2) is 3.98. The van der Waals surface area contributed by atoms with E-state index in [1.165, 1.54) is 0 Å². The van der Waals surface area contributed by atoms with E-state index < -0.39 is 11.4 Å². The number of amides is 1. The van der Waals surface area contributed by atoms with E-state index in [0.717, 1.165) is 12.8 Å². The van der Waals surface area contributed by atoms with Gasteiger partial charge in [0.25, 0.3) is 0 Å². The van der Waals surface area contributed by atoms with Gasteiger partial charge in [-0.05, 0) is 19.8 Å². The standard InChI is InChI=1S/C10H17NO3/c1-3-8(12)11-7-5-4-6-10(7,2)9(13)14/h7H,3-6H2,1-2H3,(H,11,12)(H,13,14). The summed E-state index contributed by atoms with van der Waals surface area (Å²) < 4.78 is 0. The van der Waals surface area contributed by atoms with Crippen LogP contribution in [0.1, 0.15) is 39.5 Å². The first-order valence-corrected chi connectivity index (χ1v) is 5.03. The average Bonchev–Trinajstić information content (AvgIpc) is 2.49. The first kappa shape index (κ1) is 11.0. The Kier molecular flexibility index (Phi) is 3.13. The predicted octanol–water partition coefficient (Wildman–Crippen LogP) is 1.16. The van der Waals surface area contributed by atoms with Crippen molar-refractivity contribution in [1.82, 2.24) is 5.32 Å². The summed E-state index contributed by atoms with van der Waals surface area (Å²) in [4.78, 5) is 22.2. The molecule has 0 aromatic rings. The van der Waals surface area contributed by atoms with Gasteiger partial charge in [0.2, 0.25) is 5.91 Å². The first-order valence-electron chi connectivity index (χ1n) is 5.03. The zero-order valence-corrected chi connectivity index (χ0v) is 8.67. The third-order valence-electron chi connectivity index (χ3n) is 3.10. The Balaban J connectivity index is 2.68. The molecular weight excluding hydrogens is 182 g/mol. The number of hydrogen-bond donors (Lipinski definition) is 2. The fourth-order valence-corrected chi connectivity index (χ4v) is 1.95. The topological polar surface area (TPSA) is 66.4 Å². The number of carbonyl (C=O) groups excluding carboxylic acids is 1. The van der Waals surface area contributed by atoms with Gasteiger partial charge in [-0.3, -0.25) is 9.59 Å². The summed E-state index contributed by atoms with van der Waals surface area (Å²) in [6.45, 7) is 3.48. The summed E-state index contributed by atoms with van der Waals surface area (Å²) in [7, 11) is 0. The van der Waals surface area contributed by atoms with Gasteiger partial charge in [-0.1, -0.05) is 13.3 Å². The second-order valence-corrected chi connectivity index (χ2v) is 4.09. The highest BCUT2D eigenvalue weighted by Gasteiger charge is 2.45. The number of aliphatic carboxylic acids is 1. The zero-order chi connectivity index (χ0) is 10.8. The van der Waals surface area contributed by atoms with Gasteiger partial charge in [-0.25, -0.2) is 0 Å². The highest BCUT2D eigenvalue weighted by atomic mass is 16.4. The van der Waals surface area contributed by atoms with E-state index in [4.69, 9.17) is 5.11 Å². The Morgan fingerprint density at radius 1 is 1.57 bits per heavy atom. The highest BCUT2D eigenvalue weighted by molar-refractivity contribution is 5.79. The van der Waals surface area contributed by atoms with Crippen molar-refractivity contribution < 1.29 is 14.7 Å². The lowest BCUT2D eigenvalue weighted by atomic mass is 9.85. The van der Waals surface area contributed by atoms with Gasteiger partial charge in [0.1, 0.15) is 0 Å². The molecule has 1 amide bonds. The first-order chi connectivity index (χ1) is 6.50. The fraction of sp³-hybridized carbons (Fsp3) is 0.800. The molecule has 1 aliphatic carbocycles. The molecule has 80 valence electrons. The Morgan fingerprint density at radius 3 is 2.71 bits per heavy atom. The van der Waals surface area contributed by atoms with E-state index in [0.29, 0.717) is 12.8 Å². The van der Waals surface area contributed by atoms with Gasteiger partial charge < -0.3 is 10.4 Å². The largest absolute Gasteiger partial charge is 0.481 e. The van der Waals surface area contributed by atoms with Crippen molar-refractivity contribution in [3.05, 3.63) is 0 Å². The molecule has 0 aliphatic heterocycles. The van der Waals surface area contributed by atoms with Crippen LogP contribution in [0.15, 0.2) is 0 Å². The van der Waals surface area contributed by atoms with E-state index in [2.05, 4.69) is 5.32 Å². The second-order valence-electron chi connectivity index (χ2n) is 4.09. The fourth-order valence-electron chi connectivity index (χ4n) is 1.95. The molecule has 0 aromatic carbocycles. The lowest BCUT2D eigenvalue weighted by Gasteiger charge is -2.27. The minimum absolute atomic E-state index is 0.0654. The number of carbonyl (C=O) groups is 2. The summed E-state index contributed by atoms with van der Waals surface area (Å²) in [6.07, 6.45) is 2.70. The summed E-state index contributed by atoms with van der Waals surface area (Å²) in [6, 6.07) is -0.201. The van der Waals surface area contributed by atoms with Gasteiger partial charge in [0, 0.05) is 12.5 Å². The third kappa shape index (κ3) is 1.89. The molecule has 2 N–H and O–H groups in total. The van der Waals surface area contributed by atoms with E-state index in [1.807, 2.05) is 0 Å². The molecule has 0 radical (unpaired) electrons. The van der Waals surface area contributed by atoms with Crippen LogP contribution in [0.2, 0.25) is 0 Å². The Hall–Kier alpha value is -1.06. The number of rotatable bonds is 3. The van der Waals surface area contributed by atoms with Crippen LogP contribution in [0.4, 0.5) is 0 Å². The van der Waals surface area contributed by atoms with Crippen LogP contribution in [0, 0.1) is 5.41 Å². The quantitative estimate of drug-likeness (QED) is 0.716.